The maximum atomic E-state index is 12.3. The van der Waals surface area contributed by atoms with Crippen molar-refractivity contribution in [1.29, 1.82) is 0 Å². The number of rotatable bonds is 7. The Morgan fingerprint density at radius 1 is 1.36 bits per heavy atom. The second-order valence-corrected chi connectivity index (χ2v) is 6.54. The minimum Gasteiger partial charge on any atom is -0.357 e. The molecule has 0 fully saturated rings. The zero-order valence-electron chi connectivity index (χ0n) is 14.6. The number of aromatic nitrogens is 1. The van der Waals surface area contributed by atoms with E-state index in [4.69, 9.17) is 0 Å². The molecule has 0 saturated heterocycles. The zero-order chi connectivity index (χ0) is 16.9. The lowest BCUT2D eigenvalue weighted by atomic mass is 10.0. The molecule has 0 bridgehead atoms. The molecule has 0 saturated carbocycles. The molecule has 0 aliphatic heterocycles. The predicted molar refractivity (Wildman–Crippen MR) is 90.3 cm³/mol. The lowest BCUT2D eigenvalue weighted by Gasteiger charge is -2.22. The minimum atomic E-state index is -0.448. The first kappa shape index (κ1) is 18.4. The van der Waals surface area contributed by atoms with Gasteiger partial charge in [0.1, 0.15) is 6.04 Å². The average molecular weight is 307 g/mol. The van der Waals surface area contributed by atoms with E-state index in [1.54, 1.807) is 17.7 Å². The van der Waals surface area contributed by atoms with Gasteiger partial charge in [-0.05, 0) is 50.9 Å². The molecule has 0 radical (unpaired) electrons. The smallest absolute Gasteiger partial charge is 0.251 e. The molecule has 5 nitrogen and oxygen atoms in total. The summed E-state index contributed by atoms with van der Waals surface area (Å²) in [5.41, 5.74) is 2.00. The van der Waals surface area contributed by atoms with Gasteiger partial charge in [-0.3, -0.25) is 9.59 Å². The van der Waals surface area contributed by atoms with Gasteiger partial charge in [0.15, 0.2) is 0 Å². The largest absolute Gasteiger partial charge is 0.357 e. The molecule has 1 aromatic rings. The van der Waals surface area contributed by atoms with Crippen LogP contribution in [0.4, 0.5) is 0 Å². The summed E-state index contributed by atoms with van der Waals surface area (Å²) < 4.78 is 1.59. The second kappa shape index (κ2) is 8.13. The van der Waals surface area contributed by atoms with Crippen LogP contribution in [0.1, 0.15) is 37.4 Å². The van der Waals surface area contributed by atoms with Gasteiger partial charge in [-0.1, -0.05) is 13.8 Å². The number of hydrogen-bond donors (Lipinski definition) is 1. The van der Waals surface area contributed by atoms with E-state index in [2.05, 4.69) is 24.1 Å². The predicted octanol–water partition coefficient (Wildman–Crippen LogP) is 1.59. The van der Waals surface area contributed by atoms with Crippen molar-refractivity contribution >= 4 is 5.91 Å². The second-order valence-electron chi connectivity index (χ2n) is 6.54. The maximum Gasteiger partial charge on any atom is 0.251 e. The molecule has 1 unspecified atom stereocenters. The van der Waals surface area contributed by atoms with Gasteiger partial charge in [-0.25, -0.2) is 0 Å². The Morgan fingerprint density at radius 3 is 2.50 bits per heavy atom. The third kappa shape index (κ3) is 4.98. The van der Waals surface area contributed by atoms with Crippen molar-refractivity contribution < 1.29 is 4.79 Å². The van der Waals surface area contributed by atoms with Crippen molar-refractivity contribution in [2.24, 2.45) is 5.92 Å². The molecule has 0 spiro atoms. The fourth-order valence-electron chi connectivity index (χ4n) is 2.50. The molecule has 0 aliphatic rings. The van der Waals surface area contributed by atoms with Crippen LogP contribution in [0.2, 0.25) is 0 Å². The number of amides is 1. The lowest BCUT2D eigenvalue weighted by Crippen LogP contribution is -2.36. The first-order chi connectivity index (χ1) is 10.3. The van der Waals surface area contributed by atoms with E-state index >= 15 is 0 Å². The van der Waals surface area contributed by atoms with Crippen LogP contribution in [0.15, 0.2) is 17.1 Å². The van der Waals surface area contributed by atoms with Crippen molar-refractivity contribution in [1.82, 2.24) is 14.8 Å². The summed E-state index contributed by atoms with van der Waals surface area (Å²) in [7, 11) is 5.66. The maximum absolute atomic E-state index is 12.3. The topological polar surface area (TPSA) is 54.3 Å². The first-order valence-electron chi connectivity index (χ1n) is 7.84. The van der Waals surface area contributed by atoms with E-state index in [-0.39, 0.29) is 11.5 Å². The molecule has 1 aromatic heterocycles. The summed E-state index contributed by atoms with van der Waals surface area (Å²) >= 11 is 0. The number of carbonyl (C=O) groups excluding carboxylic acids is 1. The van der Waals surface area contributed by atoms with Crippen LogP contribution in [-0.2, 0) is 11.2 Å². The highest BCUT2D eigenvalue weighted by atomic mass is 16.2. The van der Waals surface area contributed by atoms with E-state index in [1.807, 2.05) is 27.2 Å². The molecule has 0 aromatic carbocycles. The molecule has 5 heteroatoms. The van der Waals surface area contributed by atoms with Gasteiger partial charge in [0.25, 0.3) is 5.56 Å². The van der Waals surface area contributed by atoms with E-state index in [0.29, 0.717) is 12.3 Å². The third-order valence-electron chi connectivity index (χ3n) is 3.80. The quantitative estimate of drug-likeness (QED) is 0.832. The summed E-state index contributed by atoms with van der Waals surface area (Å²) in [5.74, 6) is 0.221. The van der Waals surface area contributed by atoms with Crippen LogP contribution in [0.25, 0.3) is 0 Å². The average Bonchev–Trinajstić information content (AvgIpc) is 2.43. The minimum absolute atomic E-state index is 0.111. The highest BCUT2D eigenvalue weighted by molar-refractivity contribution is 5.80. The van der Waals surface area contributed by atoms with E-state index in [0.717, 1.165) is 24.1 Å². The lowest BCUT2D eigenvalue weighted by molar-refractivity contribution is -0.124. The van der Waals surface area contributed by atoms with Crippen molar-refractivity contribution in [3.8, 4) is 0 Å². The Labute approximate surface area is 133 Å². The van der Waals surface area contributed by atoms with Gasteiger partial charge in [0.05, 0.1) is 0 Å². The van der Waals surface area contributed by atoms with E-state index < -0.39 is 6.04 Å². The normalized spacial score (nSPS) is 12.7. The van der Waals surface area contributed by atoms with Gasteiger partial charge in [0.2, 0.25) is 5.91 Å². The van der Waals surface area contributed by atoms with Gasteiger partial charge >= 0.3 is 0 Å². The highest BCUT2D eigenvalue weighted by Crippen LogP contribution is 2.18. The molecule has 1 amide bonds. The molecule has 1 rings (SSSR count). The van der Waals surface area contributed by atoms with Crippen molar-refractivity contribution in [2.45, 2.75) is 39.7 Å². The Kier molecular flexibility index (Phi) is 6.81. The number of pyridine rings is 1. The summed E-state index contributed by atoms with van der Waals surface area (Å²) in [6.07, 6.45) is 3.38. The Morgan fingerprint density at radius 2 is 2.00 bits per heavy atom. The van der Waals surface area contributed by atoms with Crippen LogP contribution in [-0.4, -0.2) is 43.1 Å². The van der Waals surface area contributed by atoms with Gasteiger partial charge < -0.3 is 14.8 Å². The Bertz CT molecular complexity index is 562. The van der Waals surface area contributed by atoms with Crippen molar-refractivity contribution in [3.63, 3.8) is 0 Å². The summed E-state index contributed by atoms with van der Waals surface area (Å²) in [6, 6.07) is 1.19. The van der Waals surface area contributed by atoms with Crippen LogP contribution in [0, 0.1) is 12.8 Å². The zero-order valence-corrected chi connectivity index (χ0v) is 14.6. The number of carbonyl (C=O) groups is 1. The number of nitrogens with zero attached hydrogens (tertiary/aromatic N) is 2. The van der Waals surface area contributed by atoms with Crippen LogP contribution in [0.3, 0.4) is 0 Å². The summed E-state index contributed by atoms with van der Waals surface area (Å²) in [6.45, 7) is 6.98. The first-order valence-corrected chi connectivity index (χ1v) is 7.84. The van der Waals surface area contributed by atoms with E-state index in [9.17, 15) is 9.59 Å². The Balaban J connectivity index is 3.21. The van der Waals surface area contributed by atoms with E-state index in [1.165, 1.54) is 0 Å². The van der Waals surface area contributed by atoms with Gasteiger partial charge in [0, 0.05) is 25.9 Å². The molecule has 124 valence electrons. The molecule has 1 N–H and O–H groups in total. The molecule has 0 aliphatic carbocycles. The standard InChI is InChI=1S/C17H29N3O2/c1-12(2)9-15(17(22)18-4)20-11-14(7-8-19(5)6)13(3)10-16(20)21/h10-12,15H,7-9H2,1-6H3,(H,18,22). The summed E-state index contributed by atoms with van der Waals surface area (Å²) in [4.78, 5) is 26.6. The van der Waals surface area contributed by atoms with Crippen LogP contribution < -0.4 is 10.9 Å². The Hall–Kier alpha value is -1.62. The fourth-order valence-corrected chi connectivity index (χ4v) is 2.50. The number of likely N-dealkylation sites (N-methyl/N-ethyl adjacent to an activating group) is 2. The summed E-state index contributed by atoms with van der Waals surface area (Å²) in [5, 5.41) is 2.67. The van der Waals surface area contributed by atoms with Gasteiger partial charge in [-0.15, -0.1) is 0 Å². The third-order valence-corrected chi connectivity index (χ3v) is 3.80. The van der Waals surface area contributed by atoms with Crippen molar-refractivity contribution in [3.05, 3.63) is 33.7 Å². The van der Waals surface area contributed by atoms with Crippen molar-refractivity contribution in [2.75, 3.05) is 27.7 Å². The molecular formula is C17H29N3O2. The molecule has 1 atom stereocenters. The molecule has 22 heavy (non-hydrogen) atoms. The number of nitrogens with one attached hydrogen (secondary N) is 1. The SMILES string of the molecule is CNC(=O)C(CC(C)C)n1cc(CCN(C)C)c(C)cc1=O. The highest BCUT2D eigenvalue weighted by Gasteiger charge is 2.22. The fraction of sp³-hybridized carbons (Fsp3) is 0.647. The van der Waals surface area contributed by atoms with Crippen LogP contribution >= 0.6 is 0 Å². The number of hydrogen-bond acceptors (Lipinski definition) is 3. The molecule has 1 heterocycles. The monoisotopic (exact) mass is 307 g/mol. The molecular weight excluding hydrogens is 278 g/mol. The number of aryl methyl sites for hydroxylation is 1. The van der Waals surface area contributed by atoms with Gasteiger partial charge in [-0.2, -0.15) is 0 Å². The van der Waals surface area contributed by atoms with Crippen LogP contribution in [0.5, 0.6) is 0 Å².